The molecule has 0 aromatic heterocycles. The Morgan fingerprint density at radius 2 is 1.79 bits per heavy atom. The van der Waals surface area contributed by atoms with Crippen molar-refractivity contribution < 1.29 is 14.3 Å². The summed E-state index contributed by atoms with van der Waals surface area (Å²) in [4.78, 5) is 28.8. The van der Waals surface area contributed by atoms with Gasteiger partial charge in [0.1, 0.15) is 11.8 Å². The number of nitrogens with zero attached hydrogens (tertiary/aromatic N) is 2. The van der Waals surface area contributed by atoms with Gasteiger partial charge in [0, 0.05) is 19.3 Å². The van der Waals surface area contributed by atoms with Crippen molar-refractivity contribution in [3.8, 4) is 5.75 Å². The Bertz CT molecular complexity index is 745. The van der Waals surface area contributed by atoms with Crippen LogP contribution in [-0.4, -0.2) is 43.5 Å². The van der Waals surface area contributed by atoms with Crippen molar-refractivity contribution in [1.82, 2.24) is 4.90 Å². The topological polar surface area (TPSA) is 49.9 Å². The minimum absolute atomic E-state index is 0.0491. The Balaban J connectivity index is 1.79. The highest BCUT2D eigenvalue weighted by molar-refractivity contribution is 6.04. The van der Waals surface area contributed by atoms with E-state index >= 15 is 0 Å². The second kappa shape index (κ2) is 6.74. The number of carbonyl (C=O) groups is 2. The first-order valence-corrected chi connectivity index (χ1v) is 7.90. The van der Waals surface area contributed by atoms with Crippen molar-refractivity contribution >= 4 is 17.5 Å². The number of likely N-dealkylation sites (N-methyl/N-ethyl adjacent to an activating group) is 1. The molecule has 5 nitrogen and oxygen atoms in total. The van der Waals surface area contributed by atoms with Crippen LogP contribution in [0.15, 0.2) is 54.6 Å². The lowest BCUT2D eigenvalue weighted by Gasteiger charge is -2.24. The number of ether oxygens (including phenoxy) is 1. The van der Waals surface area contributed by atoms with Gasteiger partial charge in [-0.25, -0.2) is 0 Å². The number of hydrogen-bond donors (Lipinski definition) is 0. The number of rotatable bonds is 4. The molecule has 1 atom stereocenters. The van der Waals surface area contributed by atoms with E-state index in [-0.39, 0.29) is 11.8 Å². The summed E-state index contributed by atoms with van der Waals surface area (Å²) in [5.74, 6) is 0.257. The molecule has 1 aliphatic heterocycles. The second-order valence-electron chi connectivity index (χ2n) is 5.75. The first kappa shape index (κ1) is 16.1. The third-order valence-electron chi connectivity index (χ3n) is 4.37. The molecule has 2 aromatic carbocycles. The number of amides is 2. The van der Waals surface area contributed by atoms with Crippen molar-refractivity contribution in [2.45, 2.75) is 12.5 Å². The summed E-state index contributed by atoms with van der Waals surface area (Å²) < 4.78 is 5.25. The standard InChI is InChI=1S/C19H20N2O3/c1-20(18(22)15-10-6-7-11-17(15)24-2)16-12-13-21(19(16)23)14-8-4-3-5-9-14/h3-11,16H,12-13H2,1-2H3/t16-/m0/s1. The highest BCUT2D eigenvalue weighted by atomic mass is 16.5. The van der Waals surface area contributed by atoms with E-state index in [0.29, 0.717) is 24.3 Å². The maximum Gasteiger partial charge on any atom is 0.258 e. The summed E-state index contributed by atoms with van der Waals surface area (Å²) in [6.07, 6.45) is 0.616. The summed E-state index contributed by atoms with van der Waals surface area (Å²) in [6, 6.07) is 16.1. The lowest BCUT2D eigenvalue weighted by atomic mass is 10.1. The molecule has 0 unspecified atom stereocenters. The van der Waals surface area contributed by atoms with E-state index in [9.17, 15) is 9.59 Å². The molecule has 1 saturated heterocycles. The molecule has 5 heteroatoms. The predicted octanol–water partition coefficient (Wildman–Crippen LogP) is 2.57. The Kier molecular flexibility index (Phi) is 4.51. The second-order valence-corrected chi connectivity index (χ2v) is 5.75. The molecule has 0 aliphatic carbocycles. The Morgan fingerprint density at radius 1 is 1.12 bits per heavy atom. The molecule has 24 heavy (non-hydrogen) atoms. The molecule has 2 aromatic rings. The first-order chi connectivity index (χ1) is 11.6. The average Bonchev–Trinajstić information content (AvgIpc) is 3.02. The maximum atomic E-state index is 12.8. The van der Waals surface area contributed by atoms with Crippen molar-refractivity contribution in [2.24, 2.45) is 0 Å². The van der Waals surface area contributed by atoms with Gasteiger partial charge in [0.15, 0.2) is 0 Å². The zero-order chi connectivity index (χ0) is 17.1. The minimum atomic E-state index is -0.456. The summed E-state index contributed by atoms with van der Waals surface area (Å²) in [5, 5.41) is 0. The lowest BCUT2D eigenvalue weighted by Crippen LogP contribution is -2.43. The zero-order valence-corrected chi connectivity index (χ0v) is 13.8. The molecule has 0 bridgehead atoms. The fraction of sp³-hybridized carbons (Fsp3) is 0.263. The van der Waals surface area contributed by atoms with Crippen LogP contribution in [-0.2, 0) is 4.79 Å². The van der Waals surface area contributed by atoms with E-state index in [4.69, 9.17) is 4.74 Å². The van der Waals surface area contributed by atoms with Gasteiger partial charge in [-0.15, -0.1) is 0 Å². The molecular weight excluding hydrogens is 304 g/mol. The van der Waals surface area contributed by atoms with Crippen LogP contribution in [0.25, 0.3) is 0 Å². The van der Waals surface area contributed by atoms with Crippen LogP contribution < -0.4 is 9.64 Å². The van der Waals surface area contributed by atoms with Crippen molar-refractivity contribution in [3.05, 3.63) is 60.2 Å². The molecule has 0 N–H and O–H groups in total. The Hall–Kier alpha value is -2.82. The van der Waals surface area contributed by atoms with Crippen molar-refractivity contribution in [3.63, 3.8) is 0 Å². The lowest BCUT2D eigenvalue weighted by molar-refractivity contribution is -0.120. The molecule has 0 saturated carbocycles. The van der Waals surface area contributed by atoms with E-state index < -0.39 is 6.04 Å². The molecule has 3 rings (SSSR count). The van der Waals surface area contributed by atoms with Gasteiger partial charge < -0.3 is 14.5 Å². The van der Waals surface area contributed by atoms with E-state index in [1.54, 1.807) is 30.1 Å². The highest BCUT2D eigenvalue weighted by Crippen LogP contribution is 2.26. The summed E-state index contributed by atoms with van der Waals surface area (Å²) in [7, 11) is 3.20. The average molecular weight is 324 g/mol. The summed E-state index contributed by atoms with van der Waals surface area (Å²) in [5.41, 5.74) is 1.33. The Morgan fingerprint density at radius 3 is 2.50 bits per heavy atom. The molecule has 0 radical (unpaired) electrons. The van der Waals surface area contributed by atoms with Gasteiger partial charge in [-0.2, -0.15) is 0 Å². The molecule has 2 amide bonds. The number of benzene rings is 2. The molecule has 124 valence electrons. The van der Waals surface area contributed by atoms with Gasteiger partial charge in [-0.3, -0.25) is 9.59 Å². The SMILES string of the molecule is COc1ccccc1C(=O)N(C)[C@H]1CCN(c2ccccc2)C1=O. The molecule has 0 spiro atoms. The van der Waals surface area contributed by atoms with E-state index in [2.05, 4.69) is 0 Å². The maximum absolute atomic E-state index is 12.8. The first-order valence-electron chi connectivity index (χ1n) is 7.90. The largest absolute Gasteiger partial charge is 0.496 e. The fourth-order valence-corrected chi connectivity index (χ4v) is 3.04. The molecule has 1 fully saturated rings. The van der Waals surface area contributed by atoms with Gasteiger partial charge in [0.2, 0.25) is 5.91 Å². The van der Waals surface area contributed by atoms with E-state index in [0.717, 1.165) is 5.69 Å². The summed E-state index contributed by atoms with van der Waals surface area (Å²) >= 11 is 0. The fourth-order valence-electron chi connectivity index (χ4n) is 3.04. The summed E-state index contributed by atoms with van der Waals surface area (Å²) in [6.45, 7) is 0.608. The highest BCUT2D eigenvalue weighted by Gasteiger charge is 2.37. The van der Waals surface area contributed by atoms with Crippen LogP contribution in [0.1, 0.15) is 16.8 Å². The van der Waals surface area contributed by atoms with E-state index in [1.807, 2.05) is 36.4 Å². The normalized spacial score (nSPS) is 17.0. The van der Waals surface area contributed by atoms with Crippen LogP contribution in [0, 0.1) is 0 Å². The van der Waals surface area contributed by atoms with Crippen LogP contribution in [0.2, 0.25) is 0 Å². The van der Waals surface area contributed by atoms with Gasteiger partial charge in [0.05, 0.1) is 12.7 Å². The van der Waals surface area contributed by atoms with Crippen LogP contribution in [0.3, 0.4) is 0 Å². The number of anilines is 1. The number of carbonyl (C=O) groups excluding carboxylic acids is 2. The van der Waals surface area contributed by atoms with Gasteiger partial charge in [-0.05, 0) is 30.7 Å². The van der Waals surface area contributed by atoms with Gasteiger partial charge in [-0.1, -0.05) is 30.3 Å². The van der Waals surface area contributed by atoms with Crippen molar-refractivity contribution in [2.75, 3.05) is 25.6 Å². The molecular formula is C19H20N2O3. The predicted molar refractivity (Wildman–Crippen MR) is 92.3 cm³/mol. The third-order valence-corrected chi connectivity index (χ3v) is 4.37. The third kappa shape index (κ3) is 2.85. The van der Waals surface area contributed by atoms with E-state index in [1.165, 1.54) is 12.0 Å². The molecule has 1 heterocycles. The van der Waals surface area contributed by atoms with Crippen LogP contribution in [0.4, 0.5) is 5.69 Å². The number of para-hydroxylation sites is 2. The monoisotopic (exact) mass is 324 g/mol. The smallest absolute Gasteiger partial charge is 0.258 e. The Labute approximate surface area is 141 Å². The number of hydrogen-bond acceptors (Lipinski definition) is 3. The minimum Gasteiger partial charge on any atom is -0.496 e. The molecule has 1 aliphatic rings. The van der Waals surface area contributed by atoms with Gasteiger partial charge in [0.25, 0.3) is 5.91 Å². The van der Waals surface area contributed by atoms with Gasteiger partial charge >= 0.3 is 0 Å². The van der Waals surface area contributed by atoms with Crippen LogP contribution in [0.5, 0.6) is 5.75 Å². The quantitative estimate of drug-likeness (QED) is 0.868. The van der Waals surface area contributed by atoms with Crippen LogP contribution >= 0.6 is 0 Å². The number of methoxy groups -OCH3 is 1. The van der Waals surface area contributed by atoms with Crippen molar-refractivity contribution in [1.29, 1.82) is 0 Å². The zero-order valence-electron chi connectivity index (χ0n) is 13.8.